The number of nitrogens with one attached hydrogen (secondary N) is 1. The maximum atomic E-state index is 13.9. The fraction of sp³-hybridized carbons (Fsp3) is 0.194. The van der Waals surface area contributed by atoms with Crippen molar-refractivity contribution in [1.29, 1.82) is 0 Å². The first kappa shape index (κ1) is 31.5. The van der Waals surface area contributed by atoms with E-state index in [1.807, 2.05) is 29.6 Å². The Morgan fingerprint density at radius 1 is 1.09 bits per heavy atom. The number of hydrazone groups is 1. The van der Waals surface area contributed by atoms with Crippen molar-refractivity contribution >= 4 is 46.3 Å². The number of rotatable bonds is 12. The number of carbonyl (C=O) groups is 2. The van der Waals surface area contributed by atoms with Gasteiger partial charge < -0.3 is 19.2 Å². The molecule has 0 unspecified atom stereocenters. The minimum absolute atomic E-state index is 0.0314. The SMILES string of the molecule is COc1cccc([C@H]2CC(c3cccs3)=NN2C(=O)CSc2nnc(CNC(=O)c3ccco3)n2-c2ccc([N+](=O)[O-])cc2)c1OC. The highest BCUT2D eigenvalue weighted by atomic mass is 32.2. The number of non-ortho nitro benzene ring substituents is 1. The predicted octanol–water partition coefficient (Wildman–Crippen LogP) is 5.25. The highest BCUT2D eigenvalue weighted by molar-refractivity contribution is 7.99. The van der Waals surface area contributed by atoms with E-state index in [2.05, 4.69) is 15.5 Å². The molecule has 0 saturated heterocycles. The molecular weight excluding hydrogens is 647 g/mol. The van der Waals surface area contributed by atoms with Crippen molar-refractivity contribution in [2.75, 3.05) is 20.0 Å². The van der Waals surface area contributed by atoms with Crippen LogP contribution in [0.3, 0.4) is 0 Å². The van der Waals surface area contributed by atoms with E-state index in [4.69, 9.17) is 19.0 Å². The molecule has 0 radical (unpaired) electrons. The fourth-order valence-electron chi connectivity index (χ4n) is 5.09. The molecule has 16 heteroatoms. The number of benzene rings is 2. The minimum Gasteiger partial charge on any atom is -0.493 e. The van der Waals surface area contributed by atoms with Gasteiger partial charge in [0.15, 0.2) is 28.2 Å². The van der Waals surface area contributed by atoms with Crippen LogP contribution in [0.5, 0.6) is 11.5 Å². The van der Waals surface area contributed by atoms with E-state index in [1.165, 1.54) is 29.5 Å². The van der Waals surface area contributed by atoms with Crippen LogP contribution in [-0.2, 0) is 11.3 Å². The number of thioether (sulfide) groups is 1. The second-order valence-corrected chi connectivity index (χ2v) is 11.9. The molecular formula is C31H27N7O7S2. The quantitative estimate of drug-likeness (QED) is 0.105. The van der Waals surface area contributed by atoms with Crippen LogP contribution in [0.4, 0.5) is 5.69 Å². The van der Waals surface area contributed by atoms with Crippen LogP contribution in [-0.4, -0.2) is 62.2 Å². The first-order valence-electron chi connectivity index (χ1n) is 14.2. The number of nitro benzene ring substituents is 1. The fourth-order valence-corrected chi connectivity index (χ4v) is 6.63. The van der Waals surface area contributed by atoms with Gasteiger partial charge in [-0.25, -0.2) is 5.01 Å². The number of furan rings is 1. The number of thiophene rings is 1. The predicted molar refractivity (Wildman–Crippen MR) is 173 cm³/mol. The van der Waals surface area contributed by atoms with Crippen molar-refractivity contribution in [3.05, 3.63) is 111 Å². The van der Waals surface area contributed by atoms with E-state index < -0.39 is 16.9 Å². The summed E-state index contributed by atoms with van der Waals surface area (Å²) in [6.45, 7) is -0.0314. The molecule has 3 aromatic heterocycles. The van der Waals surface area contributed by atoms with Crippen molar-refractivity contribution in [3.63, 3.8) is 0 Å². The van der Waals surface area contributed by atoms with Gasteiger partial charge in [0, 0.05) is 29.8 Å². The number of nitrogens with zero attached hydrogens (tertiary/aromatic N) is 6. The van der Waals surface area contributed by atoms with Crippen molar-refractivity contribution < 1.29 is 28.4 Å². The number of hydrogen-bond acceptors (Lipinski definition) is 12. The number of nitro groups is 1. The molecule has 4 heterocycles. The second-order valence-electron chi connectivity index (χ2n) is 10.0. The van der Waals surface area contributed by atoms with Crippen molar-refractivity contribution in [1.82, 2.24) is 25.1 Å². The molecule has 6 rings (SSSR count). The molecule has 0 spiro atoms. The van der Waals surface area contributed by atoms with E-state index >= 15 is 0 Å². The molecule has 0 fully saturated rings. The molecule has 240 valence electrons. The number of methoxy groups -OCH3 is 2. The normalized spacial score (nSPS) is 14.1. The number of aromatic nitrogens is 3. The third kappa shape index (κ3) is 6.59. The zero-order chi connectivity index (χ0) is 32.9. The molecule has 5 aromatic rings. The number of hydrogen-bond donors (Lipinski definition) is 1. The largest absolute Gasteiger partial charge is 0.493 e. The number of amides is 2. The van der Waals surface area contributed by atoms with Gasteiger partial charge in [0.25, 0.3) is 17.5 Å². The molecule has 0 saturated carbocycles. The van der Waals surface area contributed by atoms with Crippen molar-refractivity contribution in [3.8, 4) is 17.2 Å². The molecule has 14 nitrogen and oxygen atoms in total. The van der Waals surface area contributed by atoms with Gasteiger partial charge in [-0.15, -0.1) is 21.5 Å². The minimum atomic E-state index is -0.497. The number of para-hydroxylation sites is 1. The Balaban J connectivity index is 1.28. The lowest BCUT2D eigenvalue weighted by molar-refractivity contribution is -0.384. The maximum absolute atomic E-state index is 13.9. The van der Waals surface area contributed by atoms with Crippen LogP contribution in [0, 0.1) is 10.1 Å². The summed E-state index contributed by atoms with van der Waals surface area (Å²) in [4.78, 5) is 38.2. The summed E-state index contributed by atoms with van der Waals surface area (Å²) in [5.41, 5.74) is 1.95. The molecule has 1 N–H and O–H groups in total. The molecule has 1 aliphatic rings. The van der Waals surface area contributed by atoms with Crippen LogP contribution >= 0.6 is 23.1 Å². The van der Waals surface area contributed by atoms with Gasteiger partial charge in [0.1, 0.15) is 0 Å². The van der Waals surface area contributed by atoms with E-state index in [1.54, 1.807) is 54.4 Å². The Morgan fingerprint density at radius 3 is 2.60 bits per heavy atom. The summed E-state index contributed by atoms with van der Waals surface area (Å²) in [7, 11) is 3.11. The van der Waals surface area contributed by atoms with Crippen LogP contribution in [0.15, 0.2) is 93.0 Å². The molecule has 2 amide bonds. The van der Waals surface area contributed by atoms with Crippen molar-refractivity contribution in [2.45, 2.75) is 24.2 Å². The Bertz CT molecular complexity index is 1920. The van der Waals surface area contributed by atoms with Gasteiger partial charge in [0.2, 0.25) is 0 Å². The van der Waals surface area contributed by atoms with Gasteiger partial charge in [0.05, 0.1) is 54.3 Å². The summed E-state index contributed by atoms with van der Waals surface area (Å²) in [5.74, 6) is 0.723. The molecule has 0 aliphatic carbocycles. The van der Waals surface area contributed by atoms with Gasteiger partial charge >= 0.3 is 0 Å². The summed E-state index contributed by atoms with van der Waals surface area (Å²) < 4.78 is 18.0. The average Bonchev–Trinajstić information content (AvgIpc) is 3.92. The maximum Gasteiger partial charge on any atom is 0.287 e. The van der Waals surface area contributed by atoms with Crippen LogP contribution in [0.2, 0.25) is 0 Å². The number of ether oxygens (including phenoxy) is 2. The lowest BCUT2D eigenvalue weighted by Gasteiger charge is -2.24. The number of carbonyl (C=O) groups excluding carboxylic acids is 2. The highest BCUT2D eigenvalue weighted by Gasteiger charge is 2.36. The molecule has 47 heavy (non-hydrogen) atoms. The van der Waals surface area contributed by atoms with Gasteiger partial charge in [-0.3, -0.25) is 24.3 Å². The Labute approximate surface area is 276 Å². The topological polar surface area (TPSA) is 167 Å². The first-order chi connectivity index (χ1) is 22.9. The zero-order valence-electron chi connectivity index (χ0n) is 25.1. The molecule has 1 aliphatic heterocycles. The Morgan fingerprint density at radius 2 is 1.91 bits per heavy atom. The monoisotopic (exact) mass is 673 g/mol. The summed E-state index contributed by atoms with van der Waals surface area (Å²) >= 11 is 2.66. The van der Waals surface area contributed by atoms with Crippen LogP contribution in [0.1, 0.15) is 39.3 Å². The standard InChI is InChI=1S/C31H27N7O7S2/c1-43-24-7-3-6-21(29(24)44-2)23-16-22(26-9-5-15-46-26)35-37(23)28(39)18-47-31-34-33-27(17-32-30(40)25-8-4-14-45-25)36(31)19-10-12-20(13-11-19)38(41)42/h3-15,23H,16-18H2,1-2H3,(H,32,40)/t23-/m1/s1. The van der Waals surface area contributed by atoms with Gasteiger partial charge in [-0.1, -0.05) is 30.0 Å². The molecule has 1 atom stereocenters. The average molecular weight is 674 g/mol. The van der Waals surface area contributed by atoms with Gasteiger partial charge in [-0.2, -0.15) is 5.10 Å². The lowest BCUT2D eigenvalue weighted by Crippen LogP contribution is -2.29. The molecule has 0 bridgehead atoms. The first-order valence-corrected chi connectivity index (χ1v) is 16.0. The zero-order valence-corrected chi connectivity index (χ0v) is 26.7. The lowest BCUT2D eigenvalue weighted by atomic mass is 9.99. The van der Waals surface area contributed by atoms with E-state index in [0.29, 0.717) is 34.6 Å². The summed E-state index contributed by atoms with van der Waals surface area (Å²) in [6, 6.07) is 17.9. The molecule has 2 aromatic carbocycles. The summed E-state index contributed by atoms with van der Waals surface area (Å²) in [6.07, 6.45) is 1.86. The Kier molecular flexibility index (Phi) is 9.30. The van der Waals surface area contributed by atoms with E-state index in [0.717, 1.165) is 27.9 Å². The third-order valence-corrected chi connectivity index (χ3v) is 9.09. The Hall–Kier alpha value is -5.48. The van der Waals surface area contributed by atoms with E-state index in [9.17, 15) is 19.7 Å². The summed E-state index contributed by atoms with van der Waals surface area (Å²) in [5, 5.41) is 31.1. The van der Waals surface area contributed by atoms with Crippen molar-refractivity contribution in [2.24, 2.45) is 5.10 Å². The smallest absolute Gasteiger partial charge is 0.287 e. The third-order valence-electron chi connectivity index (χ3n) is 7.26. The van der Waals surface area contributed by atoms with Crippen LogP contribution < -0.4 is 14.8 Å². The second kappa shape index (κ2) is 13.9. The highest BCUT2D eigenvalue weighted by Crippen LogP contribution is 2.42. The van der Waals surface area contributed by atoms with Crippen LogP contribution in [0.25, 0.3) is 5.69 Å². The van der Waals surface area contributed by atoms with Gasteiger partial charge in [-0.05, 0) is 41.8 Å². The van der Waals surface area contributed by atoms with E-state index in [-0.39, 0.29) is 29.7 Å².